The molecule has 0 aliphatic heterocycles. The fraction of sp³-hybridized carbons (Fsp3) is 0.0435. The first-order valence-corrected chi connectivity index (χ1v) is 9.61. The number of benzene rings is 3. The normalized spacial score (nSPS) is 10.5. The van der Waals surface area contributed by atoms with Gasteiger partial charge in [0.15, 0.2) is 5.13 Å². The third-order valence-electron chi connectivity index (χ3n) is 4.25. The minimum absolute atomic E-state index is 0.0541. The maximum absolute atomic E-state index is 12.2. The molecule has 0 aliphatic carbocycles. The number of carbonyl (C=O) groups excluding carboxylic acids is 1. The van der Waals surface area contributed by atoms with E-state index in [1.54, 1.807) is 0 Å². The summed E-state index contributed by atoms with van der Waals surface area (Å²) in [6, 6.07) is 28.3. The molecule has 1 heterocycles. The molecule has 1 amide bonds. The number of anilines is 1. The molecule has 0 radical (unpaired) electrons. The highest BCUT2D eigenvalue weighted by molar-refractivity contribution is 7.14. The standard InChI is InChI=1S/C23H18N2OS/c26-22(15-17-7-3-1-4-8-17)25-23-24-21(16-27-23)20-13-11-19(12-14-20)18-9-5-2-6-10-18/h1-14,16H,15H2,(H,24,25,26). The highest BCUT2D eigenvalue weighted by atomic mass is 32.1. The van der Waals surface area contributed by atoms with Crippen LogP contribution < -0.4 is 5.32 Å². The highest BCUT2D eigenvalue weighted by Crippen LogP contribution is 2.27. The van der Waals surface area contributed by atoms with Crippen molar-refractivity contribution < 1.29 is 4.79 Å². The molecule has 132 valence electrons. The Morgan fingerprint density at radius 1 is 0.778 bits per heavy atom. The Morgan fingerprint density at radius 2 is 1.37 bits per heavy atom. The second-order valence-corrected chi connectivity index (χ2v) is 7.05. The average molecular weight is 370 g/mol. The third-order valence-corrected chi connectivity index (χ3v) is 5.00. The molecule has 0 saturated carbocycles. The molecule has 3 aromatic carbocycles. The van der Waals surface area contributed by atoms with E-state index in [9.17, 15) is 4.79 Å². The second kappa shape index (κ2) is 7.98. The number of rotatable bonds is 5. The quantitative estimate of drug-likeness (QED) is 0.493. The van der Waals surface area contributed by atoms with Gasteiger partial charge in [-0.15, -0.1) is 11.3 Å². The summed E-state index contributed by atoms with van der Waals surface area (Å²) in [4.78, 5) is 16.7. The summed E-state index contributed by atoms with van der Waals surface area (Å²) in [5.74, 6) is -0.0541. The van der Waals surface area contributed by atoms with Crippen LogP contribution in [0.15, 0.2) is 90.3 Å². The smallest absolute Gasteiger partial charge is 0.230 e. The van der Waals surface area contributed by atoms with Gasteiger partial charge in [0.1, 0.15) is 0 Å². The van der Waals surface area contributed by atoms with E-state index in [4.69, 9.17) is 0 Å². The molecule has 0 atom stereocenters. The second-order valence-electron chi connectivity index (χ2n) is 6.19. The Bertz CT molecular complexity index is 1020. The minimum Gasteiger partial charge on any atom is -0.302 e. The molecule has 1 N–H and O–H groups in total. The lowest BCUT2D eigenvalue weighted by Crippen LogP contribution is -2.14. The number of thiazole rings is 1. The van der Waals surface area contributed by atoms with Gasteiger partial charge in [0, 0.05) is 10.9 Å². The van der Waals surface area contributed by atoms with Crippen LogP contribution in [0.5, 0.6) is 0 Å². The molecule has 0 saturated heterocycles. The Kier molecular flexibility index (Phi) is 5.08. The summed E-state index contributed by atoms with van der Waals surface area (Å²) in [5, 5.41) is 5.48. The minimum atomic E-state index is -0.0541. The van der Waals surface area contributed by atoms with Crippen molar-refractivity contribution in [2.24, 2.45) is 0 Å². The lowest BCUT2D eigenvalue weighted by molar-refractivity contribution is -0.115. The highest BCUT2D eigenvalue weighted by Gasteiger charge is 2.09. The topological polar surface area (TPSA) is 42.0 Å². The number of nitrogens with zero attached hydrogens (tertiary/aromatic N) is 1. The number of hydrogen-bond acceptors (Lipinski definition) is 3. The van der Waals surface area contributed by atoms with Crippen LogP contribution in [0.1, 0.15) is 5.56 Å². The molecule has 0 fully saturated rings. The predicted molar refractivity (Wildman–Crippen MR) is 112 cm³/mol. The van der Waals surface area contributed by atoms with Crippen LogP contribution >= 0.6 is 11.3 Å². The number of carbonyl (C=O) groups is 1. The van der Waals surface area contributed by atoms with Crippen LogP contribution in [0.25, 0.3) is 22.4 Å². The van der Waals surface area contributed by atoms with E-state index in [2.05, 4.69) is 46.7 Å². The molecule has 3 nitrogen and oxygen atoms in total. The predicted octanol–water partition coefficient (Wildman–Crippen LogP) is 5.66. The Labute approximate surface area is 162 Å². The number of nitrogens with one attached hydrogen (secondary N) is 1. The average Bonchev–Trinajstić information content (AvgIpc) is 3.18. The van der Waals surface area contributed by atoms with E-state index in [0.717, 1.165) is 16.8 Å². The maximum Gasteiger partial charge on any atom is 0.230 e. The van der Waals surface area contributed by atoms with Gasteiger partial charge < -0.3 is 5.32 Å². The zero-order chi connectivity index (χ0) is 18.5. The summed E-state index contributed by atoms with van der Waals surface area (Å²) in [7, 11) is 0. The fourth-order valence-electron chi connectivity index (χ4n) is 2.87. The van der Waals surface area contributed by atoms with Crippen LogP contribution in [0.4, 0.5) is 5.13 Å². The third kappa shape index (κ3) is 4.30. The molecule has 27 heavy (non-hydrogen) atoms. The van der Waals surface area contributed by atoms with E-state index in [-0.39, 0.29) is 5.91 Å². The van der Waals surface area contributed by atoms with Gasteiger partial charge >= 0.3 is 0 Å². The van der Waals surface area contributed by atoms with Gasteiger partial charge in [-0.2, -0.15) is 0 Å². The summed E-state index contributed by atoms with van der Waals surface area (Å²) in [5.41, 5.74) is 5.26. The first-order chi connectivity index (χ1) is 13.3. The van der Waals surface area contributed by atoms with Crippen molar-refractivity contribution in [3.63, 3.8) is 0 Å². The van der Waals surface area contributed by atoms with Gasteiger partial charge in [0.05, 0.1) is 12.1 Å². The summed E-state index contributed by atoms with van der Waals surface area (Å²) in [6.07, 6.45) is 0.349. The van der Waals surface area contributed by atoms with Crippen LogP contribution in [0.2, 0.25) is 0 Å². The first-order valence-electron chi connectivity index (χ1n) is 8.73. The lowest BCUT2D eigenvalue weighted by Gasteiger charge is -2.03. The van der Waals surface area contributed by atoms with Crippen molar-refractivity contribution in [3.8, 4) is 22.4 Å². The first kappa shape index (κ1) is 17.2. The zero-order valence-corrected chi connectivity index (χ0v) is 15.4. The molecule has 0 spiro atoms. The molecule has 0 bridgehead atoms. The molecule has 4 heteroatoms. The van der Waals surface area contributed by atoms with Crippen LogP contribution in [-0.4, -0.2) is 10.9 Å². The molecule has 4 rings (SSSR count). The molecule has 1 aromatic heterocycles. The van der Waals surface area contributed by atoms with Crippen LogP contribution in [0.3, 0.4) is 0 Å². The van der Waals surface area contributed by atoms with Crippen LogP contribution in [-0.2, 0) is 11.2 Å². The van der Waals surface area contributed by atoms with Crippen molar-refractivity contribution >= 4 is 22.4 Å². The molecule has 0 unspecified atom stereocenters. The van der Waals surface area contributed by atoms with E-state index in [1.165, 1.54) is 22.5 Å². The van der Waals surface area contributed by atoms with Crippen molar-refractivity contribution in [2.45, 2.75) is 6.42 Å². The van der Waals surface area contributed by atoms with Crippen LogP contribution in [0, 0.1) is 0 Å². The number of aromatic nitrogens is 1. The van der Waals surface area contributed by atoms with Gasteiger partial charge in [0.25, 0.3) is 0 Å². The van der Waals surface area contributed by atoms with E-state index in [0.29, 0.717) is 11.6 Å². The maximum atomic E-state index is 12.2. The summed E-state index contributed by atoms with van der Waals surface area (Å²) < 4.78 is 0. The van der Waals surface area contributed by atoms with Gasteiger partial charge in [-0.3, -0.25) is 4.79 Å². The van der Waals surface area contributed by atoms with Gasteiger partial charge in [0.2, 0.25) is 5.91 Å². The monoisotopic (exact) mass is 370 g/mol. The van der Waals surface area contributed by atoms with Crippen molar-refractivity contribution in [3.05, 3.63) is 95.9 Å². The zero-order valence-electron chi connectivity index (χ0n) is 14.6. The van der Waals surface area contributed by atoms with Crippen molar-refractivity contribution in [2.75, 3.05) is 5.32 Å². The largest absolute Gasteiger partial charge is 0.302 e. The van der Waals surface area contributed by atoms with Gasteiger partial charge in [-0.1, -0.05) is 84.9 Å². The summed E-state index contributed by atoms with van der Waals surface area (Å²) in [6.45, 7) is 0. The Balaban J connectivity index is 1.44. The van der Waals surface area contributed by atoms with Gasteiger partial charge in [-0.05, 0) is 16.7 Å². The number of amides is 1. The van der Waals surface area contributed by atoms with Gasteiger partial charge in [-0.25, -0.2) is 4.98 Å². The lowest BCUT2D eigenvalue weighted by atomic mass is 10.0. The van der Waals surface area contributed by atoms with Crippen molar-refractivity contribution in [1.82, 2.24) is 4.98 Å². The SMILES string of the molecule is O=C(Cc1ccccc1)Nc1nc(-c2ccc(-c3ccccc3)cc2)cs1. The van der Waals surface area contributed by atoms with E-state index >= 15 is 0 Å². The fourth-order valence-corrected chi connectivity index (χ4v) is 3.61. The summed E-state index contributed by atoms with van der Waals surface area (Å²) >= 11 is 1.44. The molecule has 4 aromatic rings. The molecular formula is C23H18N2OS. The number of hydrogen-bond donors (Lipinski definition) is 1. The van der Waals surface area contributed by atoms with Crippen molar-refractivity contribution in [1.29, 1.82) is 0 Å². The Hall–Kier alpha value is -3.24. The molecular weight excluding hydrogens is 352 g/mol. The van der Waals surface area contributed by atoms with E-state index in [1.807, 2.05) is 53.9 Å². The molecule has 0 aliphatic rings. The van der Waals surface area contributed by atoms with E-state index < -0.39 is 0 Å². The Morgan fingerprint density at radius 3 is 2.07 bits per heavy atom.